The van der Waals surface area contributed by atoms with Crippen LogP contribution in [0.4, 0.5) is 0 Å². The van der Waals surface area contributed by atoms with Crippen LogP contribution in [0.1, 0.15) is 51.9 Å². The molecule has 2 rings (SSSR count). The Morgan fingerprint density at radius 3 is 2.47 bits per heavy atom. The summed E-state index contributed by atoms with van der Waals surface area (Å²) >= 11 is 0. The van der Waals surface area contributed by atoms with Gasteiger partial charge in [-0.05, 0) is 51.6 Å². The van der Waals surface area contributed by atoms with Gasteiger partial charge in [-0.1, -0.05) is 19.8 Å². The van der Waals surface area contributed by atoms with E-state index in [1.807, 2.05) is 0 Å². The van der Waals surface area contributed by atoms with E-state index in [-0.39, 0.29) is 5.91 Å². The lowest BCUT2D eigenvalue weighted by molar-refractivity contribution is -0.126. The van der Waals surface area contributed by atoms with Crippen LogP contribution in [0.25, 0.3) is 0 Å². The topological polar surface area (TPSA) is 58.4 Å². The van der Waals surface area contributed by atoms with E-state index in [1.165, 1.54) is 32.1 Å². The lowest BCUT2D eigenvalue weighted by atomic mass is 9.91. The molecule has 0 bridgehead atoms. The number of likely N-dealkylation sites (N-methyl/N-ethyl adjacent to an activating group) is 1. The van der Waals surface area contributed by atoms with Gasteiger partial charge < -0.3 is 10.6 Å². The Labute approximate surface area is 117 Å². The fourth-order valence-corrected chi connectivity index (χ4v) is 2.95. The van der Waals surface area contributed by atoms with Crippen LogP contribution >= 0.6 is 0 Å². The number of hydrogen-bond acceptors (Lipinski definition) is 3. The van der Waals surface area contributed by atoms with E-state index in [2.05, 4.69) is 24.2 Å². The lowest BCUT2D eigenvalue weighted by Crippen LogP contribution is -2.63. The maximum atomic E-state index is 12.1. The molecule has 2 fully saturated rings. The third-order valence-electron chi connectivity index (χ3n) is 4.42. The van der Waals surface area contributed by atoms with Crippen LogP contribution in [0, 0.1) is 5.92 Å². The van der Waals surface area contributed by atoms with Gasteiger partial charge in [-0.2, -0.15) is 0 Å². The zero-order valence-electron chi connectivity index (χ0n) is 12.5. The van der Waals surface area contributed by atoms with Gasteiger partial charge in [-0.25, -0.2) is 0 Å². The van der Waals surface area contributed by atoms with E-state index >= 15 is 0 Å². The Hall–Kier alpha value is -0.610. The summed E-state index contributed by atoms with van der Waals surface area (Å²) in [5.74, 6) is 0.309. The Bertz CT molecular complexity index is 313. The lowest BCUT2D eigenvalue weighted by Gasteiger charge is -2.36. The minimum atomic E-state index is -0.470. The molecular weight excluding hydrogens is 238 g/mol. The molecule has 0 saturated heterocycles. The molecule has 2 saturated carbocycles. The van der Waals surface area contributed by atoms with Gasteiger partial charge in [0.15, 0.2) is 0 Å². The SMILES string of the molecule is CCCCCN(C)CC(NC1CC1)(C(N)=O)C1CC1. The summed E-state index contributed by atoms with van der Waals surface area (Å²) in [4.78, 5) is 14.4. The first-order valence-electron chi connectivity index (χ1n) is 7.84. The van der Waals surface area contributed by atoms with Crippen molar-refractivity contribution in [3.05, 3.63) is 0 Å². The molecule has 3 N–H and O–H groups in total. The van der Waals surface area contributed by atoms with Gasteiger partial charge >= 0.3 is 0 Å². The van der Waals surface area contributed by atoms with Crippen LogP contribution < -0.4 is 11.1 Å². The smallest absolute Gasteiger partial charge is 0.239 e. The molecule has 1 unspecified atom stereocenters. The van der Waals surface area contributed by atoms with Gasteiger partial charge in [0, 0.05) is 12.6 Å². The fourth-order valence-electron chi connectivity index (χ4n) is 2.95. The predicted molar refractivity (Wildman–Crippen MR) is 77.8 cm³/mol. The van der Waals surface area contributed by atoms with Gasteiger partial charge in [-0.3, -0.25) is 10.1 Å². The molecule has 0 heterocycles. The largest absolute Gasteiger partial charge is 0.368 e. The van der Waals surface area contributed by atoms with E-state index in [4.69, 9.17) is 5.73 Å². The Morgan fingerprint density at radius 1 is 1.32 bits per heavy atom. The monoisotopic (exact) mass is 267 g/mol. The van der Waals surface area contributed by atoms with Gasteiger partial charge in [0.2, 0.25) is 5.91 Å². The minimum absolute atomic E-state index is 0.149. The highest BCUT2D eigenvalue weighted by Crippen LogP contribution is 2.42. The highest BCUT2D eigenvalue weighted by molar-refractivity contribution is 5.86. The first-order chi connectivity index (χ1) is 9.08. The summed E-state index contributed by atoms with van der Waals surface area (Å²) < 4.78 is 0. The number of nitrogens with zero attached hydrogens (tertiary/aromatic N) is 1. The number of hydrogen-bond donors (Lipinski definition) is 2. The highest BCUT2D eigenvalue weighted by atomic mass is 16.1. The number of carbonyl (C=O) groups is 1. The normalized spacial score (nSPS) is 22.5. The second kappa shape index (κ2) is 6.23. The highest BCUT2D eigenvalue weighted by Gasteiger charge is 2.52. The third kappa shape index (κ3) is 3.93. The standard InChI is InChI=1S/C15H29N3O/c1-3-4-5-10-18(2)11-15(14(16)19,12-6-7-12)17-13-8-9-13/h12-13,17H,3-11H2,1-2H3,(H2,16,19). The van der Waals surface area contributed by atoms with Crippen molar-refractivity contribution >= 4 is 5.91 Å². The molecule has 2 aliphatic rings. The molecule has 0 aromatic heterocycles. The summed E-state index contributed by atoms with van der Waals surface area (Å²) in [5, 5.41) is 3.57. The first kappa shape index (κ1) is 14.8. The average molecular weight is 267 g/mol. The van der Waals surface area contributed by atoms with E-state index < -0.39 is 5.54 Å². The minimum Gasteiger partial charge on any atom is -0.368 e. The maximum Gasteiger partial charge on any atom is 0.239 e. The molecule has 110 valence electrons. The van der Waals surface area contributed by atoms with Gasteiger partial charge in [0.25, 0.3) is 0 Å². The van der Waals surface area contributed by atoms with Gasteiger partial charge in [-0.15, -0.1) is 0 Å². The predicted octanol–water partition coefficient (Wildman–Crippen LogP) is 1.49. The molecular formula is C15H29N3O. The van der Waals surface area contributed by atoms with Crippen molar-refractivity contribution in [1.29, 1.82) is 0 Å². The zero-order chi connectivity index (χ0) is 13.9. The molecule has 0 spiro atoms. The Morgan fingerprint density at radius 2 is 2.00 bits per heavy atom. The van der Waals surface area contributed by atoms with E-state index in [9.17, 15) is 4.79 Å². The van der Waals surface area contributed by atoms with E-state index in [0.717, 1.165) is 25.9 Å². The molecule has 0 aromatic rings. The zero-order valence-corrected chi connectivity index (χ0v) is 12.5. The number of nitrogens with two attached hydrogens (primary N) is 1. The summed E-state index contributed by atoms with van der Waals surface area (Å²) in [5.41, 5.74) is 5.29. The Balaban J connectivity index is 1.93. The molecule has 1 amide bonds. The molecule has 1 atom stereocenters. The summed E-state index contributed by atoms with van der Waals surface area (Å²) in [7, 11) is 2.12. The number of nitrogens with one attached hydrogen (secondary N) is 1. The van der Waals surface area contributed by atoms with Crippen molar-refractivity contribution in [2.24, 2.45) is 11.7 Å². The number of rotatable bonds is 10. The van der Waals surface area contributed by atoms with Crippen LogP contribution in [-0.4, -0.2) is 42.5 Å². The number of amides is 1. The Kier molecular flexibility index (Phi) is 4.85. The molecule has 4 nitrogen and oxygen atoms in total. The van der Waals surface area contributed by atoms with Crippen molar-refractivity contribution in [3.63, 3.8) is 0 Å². The second-order valence-corrected chi connectivity index (χ2v) is 6.47. The van der Waals surface area contributed by atoms with E-state index in [1.54, 1.807) is 0 Å². The van der Waals surface area contributed by atoms with Crippen LogP contribution in [0.2, 0.25) is 0 Å². The first-order valence-corrected chi connectivity index (χ1v) is 7.84. The van der Waals surface area contributed by atoms with Crippen molar-refractivity contribution in [2.45, 2.75) is 63.5 Å². The molecule has 0 aliphatic heterocycles. The summed E-state index contributed by atoms with van der Waals surface area (Å²) in [6.45, 7) is 4.04. The number of primary amides is 1. The van der Waals surface area contributed by atoms with Crippen molar-refractivity contribution in [2.75, 3.05) is 20.1 Å². The van der Waals surface area contributed by atoms with Gasteiger partial charge in [0.05, 0.1) is 0 Å². The molecule has 4 heteroatoms. The fraction of sp³-hybridized carbons (Fsp3) is 0.933. The number of carbonyl (C=O) groups excluding carboxylic acids is 1. The third-order valence-corrected chi connectivity index (χ3v) is 4.42. The molecule has 0 aromatic carbocycles. The summed E-state index contributed by atoms with van der Waals surface area (Å²) in [6, 6.07) is 0.525. The molecule has 0 radical (unpaired) electrons. The van der Waals surface area contributed by atoms with Crippen molar-refractivity contribution in [3.8, 4) is 0 Å². The second-order valence-electron chi connectivity index (χ2n) is 6.47. The van der Waals surface area contributed by atoms with Crippen LogP contribution in [0.15, 0.2) is 0 Å². The quantitative estimate of drug-likeness (QED) is 0.590. The van der Waals surface area contributed by atoms with Crippen LogP contribution in [0.5, 0.6) is 0 Å². The van der Waals surface area contributed by atoms with Crippen molar-refractivity contribution in [1.82, 2.24) is 10.2 Å². The number of unbranched alkanes of at least 4 members (excludes halogenated alkanes) is 2. The summed E-state index contributed by atoms with van der Waals surface area (Å²) in [6.07, 6.45) is 8.38. The van der Waals surface area contributed by atoms with E-state index in [0.29, 0.717) is 12.0 Å². The van der Waals surface area contributed by atoms with Crippen molar-refractivity contribution < 1.29 is 4.79 Å². The molecule has 19 heavy (non-hydrogen) atoms. The van der Waals surface area contributed by atoms with Crippen LogP contribution in [0.3, 0.4) is 0 Å². The average Bonchev–Trinajstić information content (AvgIpc) is 3.21. The maximum absolute atomic E-state index is 12.1. The van der Waals surface area contributed by atoms with Crippen LogP contribution in [-0.2, 0) is 4.79 Å². The molecule has 2 aliphatic carbocycles. The van der Waals surface area contributed by atoms with Gasteiger partial charge in [0.1, 0.15) is 5.54 Å².